The number of thioether (sulfide) groups is 1. The molecule has 2 saturated heterocycles. The minimum Gasteiger partial charge on any atom is -0.460 e. The van der Waals surface area contributed by atoms with Crippen LogP contribution in [0.3, 0.4) is 0 Å². The first-order valence-corrected chi connectivity index (χ1v) is 11.2. The smallest absolute Gasteiger partial charge is 0.330 e. The van der Waals surface area contributed by atoms with Crippen LogP contribution < -0.4 is 5.32 Å². The number of carbonyl (C=O) groups excluding carboxylic acids is 3. The molecule has 2 aliphatic heterocycles. The minimum absolute atomic E-state index is 0.0934. The maximum absolute atomic E-state index is 12.7. The van der Waals surface area contributed by atoms with E-state index in [0.29, 0.717) is 0 Å². The third-order valence-corrected chi connectivity index (χ3v) is 7.40. The molecule has 29 heavy (non-hydrogen) atoms. The van der Waals surface area contributed by atoms with Crippen molar-refractivity contribution in [3.8, 4) is 0 Å². The first-order chi connectivity index (χ1) is 13.6. The van der Waals surface area contributed by atoms with Gasteiger partial charge in [0.25, 0.3) is 0 Å². The molecule has 1 aromatic rings. The summed E-state index contributed by atoms with van der Waals surface area (Å²) < 4.78 is 2.54. The molecule has 0 saturated carbocycles. The largest absolute Gasteiger partial charge is 0.460 e. The first-order valence-electron chi connectivity index (χ1n) is 8.68. The van der Waals surface area contributed by atoms with Crippen molar-refractivity contribution in [1.29, 1.82) is 0 Å². The number of carbonyl (C=O) groups is 3. The molecule has 0 aliphatic carbocycles. The van der Waals surface area contributed by atoms with Crippen molar-refractivity contribution in [2.75, 3.05) is 12.5 Å². The van der Waals surface area contributed by atoms with Crippen LogP contribution in [0.25, 0.3) is 0 Å². The van der Waals surface area contributed by atoms with Crippen molar-refractivity contribution in [2.45, 2.75) is 39.3 Å². The number of rotatable bonds is 6. The highest BCUT2D eigenvalue weighted by Crippen LogP contribution is 2.52. The van der Waals surface area contributed by atoms with Crippen molar-refractivity contribution < 1.29 is 19.1 Å². The number of benzene rings is 1. The van der Waals surface area contributed by atoms with E-state index in [1.54, 1.807) is 6.92 Å². The molecule has 158 valence electrons. The van der Waals surface area contributed by atoms with Crippen LogP contribution in [-0.4, -0.2) is 61.2 Å². The van der Waals surface area contributed by atoms with E-state index in [-0.39, 0.29) is 24.1 Å². The summed E-state index contributed by atoms with van der Waals surface area (Å²) >= 11 is 24.4. The zero-order valence-electron chi connectivity index (χ0n) is 15.2. The van der Waals surface area contributed by atoms with E-state index >= 15 is 0 Å². The monoisotopic (exact) mass is 498 g/mol. The number of alkyl halides is 4. The lowest BCUT2D eigenvalue weighted by atomic mass is 9.95. The molecule has 2 fully saturated rings. The van der Waals surface area contributed by atoms with E-state index in [0.717, 1.165) is 5.56 Å². The molecule has 11 heteroatoms. The van der Waals surface area contributed by atoms with Gasteiger partial charge in [-0.2, -0.15) is 0 Å². The predicted octanol–water partition coefficient (Wildman–Crippen LogP) is 2.91. The van der Waals surface area contributed by atoms with Gasteiger partial charge in [0.15, 0.2) is 0 Å². The number of esters is 1. The Labute approximate surface area is 192 Å². The lowest BCUT2D eigenvalue weighted by Crippen LogP contribution is -2.71. The van der Waals surface area contributed by atoms with Crippen molar-refractivity contribution in [1.82, 2.24) is 10.2 Å². The number of nitrogens with one attached hydrogen (secondary N) is 1. The Kier molecular flexibility index (Phi) is 6.85. The second-order valence-electron chi connectivity index (χ2n) is 7.03. The highest BCUT2D eigenvalue weighted by molar-refractivity contribution is 8.01. The lowest BCUT2D eigenvalue weighted by Gasteiger charge is -2.44. The van der Waals surface area contributed by atoms with Crippen molar-refractivity contribution >= 4 is 75.9 Å². The van der Waals surface area contributed by atoms with Crippen LogP contribution in [0.2, 0.25) is 0 Å². The van der Waals surface area contributed by atoms with Crippen molar-refractivity contribution in [3.05, 3.63) is 35.9 Å². The number of halogens is 4. The van der Waals surface area contributed by atoms with Crippen LogP contribution in [0.4, 0.5) is 0 Å². The van der Waals surface area contributed by atoms with E-state index in [4.69, 9.17) is 51.1 Å². The number of nitrogens with zero attached hydrogens (tertiary/aromatic N) is 1. The second-order valence-corrected chi connectivity index (χ2v) is 11.5. The van der Waals surface area contributed by atoms with Crippen LogP contribution in [0.15, 0.2) is 30.3 Å². The average molecular weight is 500 g/mol. The summed E-state index contributed by atoms with van der Waals surface area (Å²) in [6.45, 7) is 1.32. The zero-order valence-corrected chi connectivity index (χ0v) is 19.1. The third kappa shape index (κ3) is 4.90. The molecule has 1 aromatic carbocycles. The molecule has 1 N–H and O–H groups in total. The van der Waals surface area contributed by atoms with Gasteiger partial charge in [-0.25, -0.2) is 4.79 Å². The van der Waals surface area contributed by atoms with E-state index in [9.17, 15) is 14.4 Å². The van der Waals surface area contributed by atoms with Gasteiger partial charge >= 0.3 is 5.97 Å². The number of fused-ring (bicyclic) bond motifs is 1. The average Bonchev–Trinajstić information content (AvgIpc) is 2.95. The van der Waals surface area contributed by atoms with Crippen LogP contribution in [0.1, 0.15) is 12.5 Å². The van der Waals surface area contributed by atoms with E-state index in [1.807, 2.05) is 30.3 Å². The summed E-state index contributed by atoms with van der Waals surface area (Å²) in [6, 6.07) is 7.54. The minimum atomic E-state index is -1.76. The molecular weight excluding hydrogens is 482 g/mol. The standard InChI is InChI=1S/C18H18Cl4N2O4S/c1-17(8-19)13(16(27)28-9-18(20,21)22)24-14(26)12(15(24)29-17)23-11(25)7-10-5-3-2-4-6-10/h2-6,12-13,15H,7-9H2,1H3,(H,23,25)/t12?,13?,15-,17?/m0/s1. The zero-order chi connectivity index (χ0) is 21.4. The van der Waals surface area contributed by atoms with E-state index < -0.39 is 38.6 Å². The molecule has 3 unspecified atom stereocenters. The molecule has 0 bridgehead atoms. The fraction of sp³-hybridized carbons (Fsp3) is 0.500. The van der Waals surface area contributed by atoms with Crippen molar-refractivity contribution in [2.24, 2.45) is 0 Å². The molecule has 0 radical (unpaired) electrons. The Morgan fingerprint density at radius 2 is 1.93 bits per heavy atom. The van der Waals surface area contributed by atoms with E-state index in [1.165, 1.54) is 16.7 Å². The fourth-order valence-electron chi connectivity index (χ4n) is 3.36. The second kappa shape index (κ2) is 8.71. The SMILES string of the molecule is CC1(CCl)S[C@H]2C(NC(=O)Cc3ccccc3)C(=O)N2C1C(=O)OCC(Cl)(Cl)Cl. The van der Waals surface area contributed by atoms with Gasteiger partial charge in [0, 0.05) is 5.88 Å². The number of hydrogen-bond donors (Lipinski definition) is 1. The van der Waals surface area contributed by atoms with Gasteiger partial charge in [-0.05, 0) is 12.5 Å². The Hall–Kier alpha value is -0.860. The maximum Gasteiger partial charge on any atom is 0.330 e. The Balaban J connectivity index is 1.68. The van der Waals surface area contributed by atoms with Crippen LogP contribution in [0, 0.1) is 0 Å². The van der Waals surface area contributed by atoms with Crippen LogP contribution >= 0.6 is 58.2 Å². The Bertz CT molecular complexity index is 807. The predicted molar refractivity (Wildman–Crippen MR) is 114 cm³/mol. The third-order valence-electron chi connectivity index (χ3n) is 4.72. The summed E-state index contributed by atoms with van der Waals surface area (Å²) in [5.74, 6) is -1.24. The summed E-state index contributed by atoms with van der Waals surface area (Å²) in [6.07, 6.45) is 0.156. The molecule has 0 aromatic heterocycles. The Morgan fingerprint density at radius 3 is 2.52 bits per heavy atom. The molecule has 6 nitrogen and oxygen atoms in total. The topological polar surface area (TPSA) is 75.7 Å². The van der Waals surface area contributed by atoms with Gasteiger partial charge in [0.1, 0.15) is 24.1 Å². The van der Waals surface area contributed by atoms with Crippen LogP contribution in [0.5, 0.6) is 0 Å². The highest BCUT2D eigenvalue weighted by atomic mass is 35.6. The van der Waals surface area contributed by atoms with Gasteiger partial charge in [0.2, 0.25) is 15.6 Å². The fourth-order valence-corrected chi connectivity index (χ4v) is 5.47. The number of ether oxygens (including phenoxy) is 1. The summed E-state index contributed by atoms with van der Waals surface area (Å²) in [5.41, 5.74) is 0.839. The number of amides is 2. The molecule has 0 spiro atoms. The van der Waals surface area contributed by atoms with E-state index in [2.05, 4.69) is 5.32 Å². The van der Waals surface area contributed by atoms with Gasteiger partial charge in [-0.15, -0.1) is 23.4 Å². The molecule has 2 aliphatic rings. The molecule has 4 atom stereocenters. The summed E-state index contributed by atoms with van der Waals surface area (Å²) in [4.78, 5) is 39.1. The van der Waals surface area contributed by atoms with Gasteiger partial charge < -0.3 is 15.0 Å². The summed E-state index contributed by atoms with van der Waals surface area (Å²) in [7, 11) is 0. The highest BCUT2D eigenvalue weighted by Gasteiger charge is 2.65. The quantitative estimate of drug-likeness (QED) is 0.370. The van der Waals surface area contributed by atoms with Gasteiger partial charge in [-0.1, -0.05) is 65.1 Å². The molecule has 2 heterocycles. The van der Waals surface area contributed by atoms with Crippen LogP contribution in [-0.2, 0) is 25.5 Å². The first kappa shape index (κ1) is 22.8. The normalized spacial score (nSPS) is 28.5. The Morgan fingerprint density at radius 1 is 1.28 bits per heavy atom. The lowest BCUT2D eigenvalue weighted by molar-refractivity contribution is -0.164. The number of β-lactam (4-membered cyclic amide) rings is 1. The molecule has 3 rings (SSSR count). The van der Waals surface area contributed by atoms with Crippen molar-refractivity contribution in [3.63, 3.8) is 0 Å². The van der Waals surface area contributed by atoms with Gasteiger partial charge in [0.05, 0.1) is 11.2 Å². The maximum atomic E-state index is 12.7. The number of hydrogen-bond acceptors (Lipinski definition) is 5. The molecular formula is C18H18Cl4N2O4S. The summed E-state index contributed by atoms with van der Waals surface area (Å²) in [5, 5.41) is 2.33. The van der Waals surface area contributed by atoms with Gasteiger partial charge in [-0.3, -0.25) is 9.59 Å². The molecule has 2 amide bonds.